The molecule has 1 aliphatic rings. The quantitative estimate of drug-likeness (QED) is 0.805. The van der Waals surface area contributed by atoms with Gasteiger partial charge in [0.1, 0.15) is 5.75 Å². The minimum atomic E-state index is -0.290. The first-order chi connectivity index (χ1) is 13.5. The Hall–Kier alpha value is -3.35. The van der Waals surface area contributed by atoms with Crippen molar-refractivity contribution in [2.24, 2.45) is 0 Å². The summed E-state index contributed by atoms with van der Waals surface area (Å²) < 4.78 is 5.28. The number of rotatable bonds is 6. The summed E-state index contributed by atoms with van der Waals surface area (Å²) in [6.07, 6.45) is 1.51. The van der Waals surface area contributed by atoms with Gasteiger partial charge in [-0.15, -0.1) is 0 Å². The Morgan fingerprint density at radius 2 is 1.86 bits per heavy atom. The largest absolute Gasteiger partial charge is 0.495 e. The lowest BCUT2D eigenvalue weighted by atomic mass is 10.1. The number of hydrogen-bond acceptors (Lipinski definition) is 4. The van der Waals surface area contributed by atoms with Gasteiger partial charge in [0, 0.05) is 37.7 Å². The molecule has 1 fully saturated rings. The van der Waals surface area contributed by atoms with Crippen LogP contribution >= 0.6 is 0 Å². The molecular formula is C21H23N3O4. The number of nitrogens with one attached hydrogen (secondary N) is 2. The number of hydrogen-bond donors (Lipinski definition) is 2. The molecule has 0 atom stereocenters. The van der Waals surface area contributed by atoms with Gasteiger partial charge < -0.3 is 20.3 Å². The van der Waals surface area contributed by atoms with E-state index in [1.165, 1.54) is 14.0 Å². The smallest absolute Gasteiger partial charge is 0.255 e. The van der Waals surface area contributed by atoms with Crippen LogP contribution in [0.4, 0.5) is 11.4 Å². The van der Waals surface area contributed by atoms with E-state index in [0.29, 0.717) is 35.7 Å². The van der Waals surface area contributed by atoms with E-state index in [0.717, 1.165) is 18.5 Å². The molecule has 7 heteroatoms. The van der Waals surface area contributed by atoms with Crippen molar-refractivity contribution in [3.8, 4) is 5.75 Å². The molecule has 2 aromatic rings. The van der Waals surface area contributed by atoms with Crippen molar-refractivity contribution in [1.82, 2.24) is 4.90 Å². The molecule has 1 heterocycles. The number of ether oxygens (including phenoxy) is 1. The van der Waals surface area contributed by atoms with E-state index < -0.39 is 0 Å². The van der Waals surface area contributed by atoms with Gasteiger partial charge in [-0.05, 0) is 42.3 Å². The zero-order valence-corrected chi connectivity index (χ0v) is 16.0. The van der Waals surface area contributed by atoms with Crippen LogP contribution in [0.5, 0.6) is 5.75 Å². The fourth-order valence-corrected chi connectivity index (χ4v) is 3.13. The second-order valence-electron chi connectivity index (χ2n) is 6.67. The zero-order valence-electron chi connectivity index (χ0n) is 16.0. The van der Waals surface area contributed by atoms with Crippen LogP contribution in [-0.2, 0) is 16.1 Å². The highest BCUT2D eigenvalue weighted by Gasteiger charge is 2.20. The van der Waals surface area contributed by atoms with Crippen molar-refractivity contribution in [2.75, 3.05) is 24.3 Å². The number of methoxy groups -OCH3 is 1. The van der Waals surface area contributed by atoms with Crippen LogP contribution < -0.4 is 15.4 Å². The van der Waals surface area contributed by atoms with E-state index in [-0.39, 0.29) is 17.7 Å². The third-order valence-corrected chi connectivity index (χ3v) is 4.53. The molecule has 1 saturated heterocycles. The maximum absolute atomic E-state index is 12.6. The fraction of sp³-hybridized carbons (Fsp3) is 0.286. The first-order valence-electron chi connectivity index (χ1n) is 9.10. The van der Waals surface area contributed by atoms with Crippen LogP contribution in [0.3, 0.4) is 0 Å². The summed E-state index contributed by atoms with van der Waals surface area (Å²) in [4.78, 5) is 37.4. The van der Waals surface area contributed by atoms with Gasteiger partial charge in [-0.2, -0.15) is 0 Å². The number of carbonyl (C=O) groups is 3. The van der Waals surface area contributed by atoms with Crippen molar-refractivity contribution in [1.29, 1.82) is 0 Å². The molecule has 3 amide bonds. The highest BCUT2D eigenvalue weighted by atomic mass is 16.5. The lowest BCUT2D eigenvalue weighted by Gasteiger charge is -2.16. The van der Waals surface area contributed by atoms with E-state index in [4.69, 9.17) is 4.74 Å². The number of benzene rings is 2. The normalized spacial score (nSPS) is 13.4. The summed E-state index contributed by atoms with van der Waals surface area (Å²) in [5.41, 5.74) is 2.50. The van der Waals surface area contributed by atoms with E-state index in [2.05, 4.69) is 10.6 Å². The Bertz CT molecular complexity index is 893. The van der Waals surface area contributed by atoms with Crippen LogP contribution in [-0.4, -0.2) is 36.3 Å². The Kier molecular flexibility index (Phi) is 5.93. The van der Waals surface area contributed by atoms with Crippen molar-refractivity contribution in [2.45, 2.75) is 26.3 Å². The third kappa shape index (κ3) is 4.68. The SMILES string of the molecule is COc1ccc(NC(C)=O)cc1NC(=O)c1ccc(CN2CCCC2=O)cc1. The van der Waals surface area contributed by atoms with Crippen LogP contribution in [0.15, 0.2) is 42.5 Å². The Balaban J connectivity index is 1.70. The molecule has 28 heavy (non-hydrogen) atoms. The minimum Gasteiger partial charge on any atom is -0.495 e. The van der Waals surface area contributed by atoms with Crippen molar-refractivity contribution in [3.05, 3.63) is 53.6 Å². The number of amides is 3. The van der Waals surface area contributed by atoms with E-state index in [1.807, 2.05) is 17.0 Å². The maximum atomic E-state index is 12.6. The van der Waals surface area contributed by atoms with Crippen molar-refractivity contribution < 1.29 is 19.1 Å². The summed E-state index contributed by atoms with van der Waals surface area (Å²) in [5, 5.41) is 5.49. The molecule has 3 rings (SSSR count). The van der Waals surface area contributed by atoms with Crippen LogP contribution in [0.1, 0.15) is 35.7 Å². The maximum Gasteiger partial charge on any atom is 0.255 e. The standard InChI is InChI=1S/C21H23N3O4/c1-14(25)22-17-9-10-19(28-2)18(12-17)23-21(27)16-7-5-15(6-8-16)13-24-11-3-4-20(24)26/h5-10,12H,3-4,11,13H2,1-2H3,(H,22,25)(H,23,27). The molecule has 0 bridgehead atoms. The van der Waals surface area contributed by atoms with E-state index >= 15 is 0 Å². The van der Waals surface area contributed by atoms with Gasteiger partial charge in [-0.1, -0.05) is 12.1 Å². The van der Waals surface area contributed by atoms with Gasteiger partial charge in [-0.3, -0.25) is 14.4 Å². The average molecular weight is 381 g/mol. The lowest BCUT2D eigenvalue weighted by molar-refractivity contribution is -0.128. The molecule has 0 spiro atoms. The molecule has 7 nitrogen and oxygen atoms in total. The number of likely N-dealkylation sites (tertiary alicyclic amines) is 1. The first kappa shape index (κ1) is 19.4. The van der Waals surface area contributed by atoms with Crippen LogP contribution in [0.25, 0.3) is 0 Å². The molecule has 0 aromatic heterocycles. The molecule has 0 unspecified atom stereocenters. The van der Waals surface area contributed by atoms with Gasteiger partial charge in [-0.25, -0.2) is 0 Å². The van der Waals surface area contributed by atoms with Gasteiger partial charge in [0.05, 0.1) is 12.8 Å². The molecule has 146 valence electrons. The van der Waals surface area contributed by atoms with Gasteiger partial charge >= 0.3 is 0 Å². The summed E-state index contributed by atoms with van der Waals surface area (Å²) in [6.45, 7) is 2.76. The molecule has 0 aliphatic carbocycles. The second kappa shape index (κ2) is 8.56. The highest BCUT2D eigenvalue weighted by Crippen LogP contribution is 2.28. The lowest BCUT2D eigenvalue weighted by Crippen LogP contribution is -2.23. The van der Waals surface area contributed by atoms with Gasteiger partial charge in [0.15, 0.2) is 0 Å². The van der Waals surface area contributed by atoms with Crippen molar-refractivity contribution >= 4 is 29.1 Å². The van der Waals surface area contributed by atoms with Gasteiger partial charge in [0.25, 0.3) is 5.91 Å². The van der Waals surface area contributed by atoms with E-state index in [1.54, 1.807) is 30.3 Å². The summed E-state index contributed by atoms with van der Waals surface area (Å²) in [7, 11) is 1.51. The number of nitrogens with zero attached hydrogens (tertiary/aromatic N) is 1. The minimum absolute atomic E-state index is 0.174. The molecule has 2 N–H and O–H groups in total. The van der Waals surface area contributed by atoms with Gasteiger partial charge in [0.2, 0.25) is 11.8 Å². The number of anilines is 2. The third-order valence-electron chi connectivity index (χ3n) is 4.53. The summed E-state index contributed by atoms with van der Waals surface area (Å²) in [5.74, 6) is 0.177. The number of carbonyl (C=O) groups excluding carboxylic acids is 3. The molecule has 2 aromatic carbocycles. The van der Waals surface area contributed by atoms with Crippen molar-refractivity contribution in [3.63, 3.8) is 0 Å². The molecule has 0 radical (unpaired) electrons. The Morgan fingerprint density at radius 1 is 1.11 bits per heavy atom. The Morgan fingerprint density at radius 3 is 2.46 bits per heavy atom. The Labute approximate surface area is 163 Å². The molecule has 0 saturated carbocycles. The van der Waals surface area contributed by atoms with E-state index in [9.17, 15) is 14.4 Å². The predicted molar refractivity (Wildman–Crippen MR) is 106 cm³/mol. The zero-order chi connectivity index (χ0) is 20.1. The first-order valence-corrected chi connectivity index (χ1v) is 9.10. The van der Waals surface area contributed by atoms with Crippen LogP contribution in [0, 0.1) is 0 Å². The van der Waals surface area contributed by atoms with Crippen LogP contribution in [0.2, 0.25) is 0 Å². The fourth-order valence-electron chi connectivity index (χ4n) is 3.13. The molecule has 1 aliphatic heterocycles. The predicted octanol–water partition coefficient (Wildman–Crippen LogP) is 3.03. The topological polar surface area (TPSA) is 87.7 Å². The summed E-state index contributed by atoms with van der Waals surface area (Å²) >= 11 is 0. The monoisotopic (exact) mass is 381 g/mol. The summed E-state index contributed by atoms with van der Waals surface area (Å²) in [6, 6.07) is 12.2. The highest BCUT2D eigenvalue weighted by molar-refractivity contribution is 6.05. The second-order valence-corrected chi connectivity index (χ2v) is 6.67. The molecular weight excluding hydrogens is 358 g/mol. The average Bonchev–Trinajstić information content (AvgIpc) is 3.06.